The van der Waals surface area contributed by atoms with Crippen LogP contribution < -0.4 is 5.32 Å². The highest BCUT2D eigenvalue weighted by atomic mass is 32.2. The van der Waals surface area contributed by atoms with Gasteiger partial charge < -0.3 is 9.73 Å². The first-order valence-electron chi connectivity index (χ1n) is 8.68. The lowest BCUT2D eigenvalue weighted by Gasteiger charge is -2.17. The Labute approximate surface area is 150 Å². The summed E-state index contributed by atoms with van der Waals surface area (Å²) in [4.78, 5) is 11.9. The quantitative estimate of drug-likeness (QED) is 0.760. The van der Waals surface area contributed by atoms with Crippen LogP contribution in [0.5, 0.6) is 0 Å². The molecule has 1 amide bonds. The normalized spacial score (nSPS) is 15.2. The zero-order chi connectivity index (χ0) is 17.5. The summed E-state index contributed by atoms with van der Waals surface area (Å²) in [6.07, 6.45) is 6.59. The van der Waals surface area contributed by atoms with Crippen LogP contribution in [0, 0.1) is 5.82 Å². The van der Waals surface area contributed by atoms with Crippen LogP contribution in [-0.2, 0) is 11.2 Å². The summed E-state index contributed by atoms with van der Waals surface area (Å²) >= 11 is 1.26. The van der Waals surface area contributed by atoms with Crippen LogP contribution in [-0.4, -0.2) is 28.4 Å². The minimum atomic E-state index is -0.253. The Morgan fingerprint density at radius 1 is 1.20 bits per heavy atom. The molecule has 134 valence electrons. The summed E-state index contributed by atoms with van der Waals surface area (Å²) in [5.74, 6) is 0.996. The lowest BCUT2D eigenvalue weighted by Crippen LogP contribution is -2.27. The van der Waals surface area contributed by atoms with E-state index in [1.807, 2.05) is 0 Å². The van der Waals surface area contributed by atoms with Crippen LogP contribution >= 0.6 is 11.8 Å². The molecule has 1 aromatic heterocycles. The van der Waals surface area contributed by atoms with Gasteiger partial charge in [0.1, 0.15) is 5.82 Å². The molecule has 7 heteroatoms. The van der Waals surface area contributed by atoms with Crippen molar-refractivity contribution in [3.05, 3.63) is 41.5 Å². The van der Waals surface area contributed by atoms with Crippen LogP contribution in [0.2, 0.25) is 0 Å². The first-order valence-corrected chi connectivity index (χ1v) is 9.66. The molecule has 25 heavy (non-hydrogen) atoms. The van der Waals surface area contributed by atoms with E-state index in [9.17, 15) is 9.18 Å². The van der Waals surface area contributed by atoms with Gasteiger partial charge in [-0.15, -0.1) is 10.2 Å². The Morgan fingerprint density at radius 2 is 1.96 bits per heavy atom. The van der Waals surface area contributed by atoms with Gasteiger partial charge in [-0.2, -0.15) is 0 Å². The predicted octanol–water partition coefficient (Wildman–Crippen LogP) is 3.71. The van der Waals surface area contributed by atoms with Crippen LogP contribution in [0.15, 0.2) is 33.9 Å². The van der Waals surface area contributed by atoms with E-state index >= 15 is 0 Å². The monoisotopic (exact) mass is 363 g/mol. The molecule has 0 spiro atoms. The third-order valence-electron chi connectivity index (χ3n) is 4.35. The summed E-state index contributed by atoms with van der Waals surface area (Å²) < 4.78 is 18.5. The minimum Gasteiger partial charge on any atom is -0.416 e. The Bertz CT molecular complexity index is 684. The Balaban J connectivity index is 1.37. The van der Waals surface area contributed by atoms with Gasteiger partial charge in [0.25, 0.3) is 5.22 Å². The maximum absolute atomic E-state index is 12.8. The maximum Gasteiger partial charge on any atom is 0.277 e. The molecule has 1 aliphatic rings. The zero-order valence-electron chi connectivity index (χ0n) is 14.0. The molecule has 2 aromatic rings. The SMILES string of the molecule is O=C(CSc1nnc(C2CCCCC2)o1)NCCc1ccc(F)cc1. The van der Waals surface area contributed by atoms with Crippen molar-refractivity contribution in [3.63, 3.8) is 0 Å². The van der Waals surface area contributed by atoms with Gasteiger partial charge in [-0.05, 0) is 37.0 Å². The van der Waals surface area contributed by atoms with Crippen LogP contribution in [0.25, 0.3) is 0 Å². The van der Waals surface area contributed by atoms with E-state index in [2.05, 4.69) is 15.5 Å². The molecule has 5 nitrogen and oxygen atoms in total. The fourth-order valence-electron chi connectivity index (χ4n) is 2.97. The van der Waals surface area contributed by atoms with E-state index in [0.717, 1.165) is 18.4 Å². The van der Waals surface area contributed by atoms with Crippen molar-refractivity contribution in [2.75, 3.05) is 12.3 Å². The van der Waals surface area contributed by atoms with Gasteiger partial charge in [-0.1, -0.05) is 43.2 Å². The number of hydrogen-bond donors (Lipinski definition) is 1. The highest BCUT2D eigenvalue weighted by molar-refractivity contribution is 7.99. The standard InChI is InChI=1S/C18H22FN3O2S/c19-15-8-6-13(7-9-15)10-11-20-16(23)12-25-18-22-21-17(24-18)14-4-2-1-3-5-14/h6-9,14H,1-5,10-12H2,(H,20,23). The Morgan fingerprint density at radius 3 is 2.72 bits per heavy atom. The number of hydrogen-bond acceptors (Lipinski definition) is 5. The van der Waals surface area contributed by atoms with E-state index in [0.29, 0.717) is 30.0 Å². The lowest BCUT2D eigenvalue weighted by molar-refractivity contribution is -0.118. The zero-order valence-corrected chi connectivity index (χ0v) is 14.9. The number of carbonyl (C=O) groups excluding carboxylic acids is 1. The highest BCUT2D eigenvalue weighted by Crippen LogP contribution is 2.32. The van der Waals surface area contributed by atoms with E-state index < -0.39 is 0 Å². The van der Waals surface area contributed by atoms with Crippen molar-refractivity contribution in [2.24, 2.45) is 0 Å². The average molecular weight is 363 g/mol. The molecule has 1 aromatic carbocycles. The summed E-state index contributed by atoms with van der Waals surface area (Å²) in [6, 6.07) is 6.29. The number of nitrogens with zero attached hydrogens (tertiary/aromatic N) is 2. The first kappa shape index (κ1) is 17.9. The third kappa shape index (κ3) is 5.56. The molecular formula is C18H22FN3O2S. The molecule has 1 fully saturated rings. The second-order valence-corrected chi connectivity index (χ2v) is 7.18. The van der Waals surface area contributed by atoms with E-state index in [4.69, 9.17) is 4.42 Å². The number of rotatable bonds is 7. The number of amides is 1. The first-order chi connectivity index (χ1) is 12.2. The highest BCUT2D eigenvalue weighted by Gasteiger charge is 2.21. The maximum atomic E-state index is 12.8. The molecule has 1 saturated carbocycles. The summed E-state index contributed by atoms with van der Waals surface area (Å²) in [6.45, 7) is 0.516. The number of nitrogens with one attached hydrogen (secondary N) is 1. The van der Waals surface area contributed by atoms with Crippen molar-refractivity contribution in [1.82, 2.24) is 15.5 Å². The van der Waals surface area contributed by atoms with Crippen LogP contribution in [0.1, 0.15) is 49.5 Å². The smallest absolute Gasteiger partial charge is 0.277 e. The third-order valence-corrected chi connectivity index (χ3v) is 5.17. The lowest BCUT2D eigenvalue weighted by atomic mass is 9.89. The number of thioether (sulfide) groups is 1. The molecule has 1 N–H and O–H groups in total. The van der Waals surface area contributed by atoms with Gasteiger partial charge in [0.2, 0.25) is 11.8 Å². The van der Waals surface area contributed by atoms with Crippen LogP contribution in [0.3, 0.4) is 0 Å². The predicted molar refractivity (Wildman–Crippen MR) is 94.0 cm³/mol. The average Bonchev–Trinajstić information content (AvgIpc) is 3.11. The van der Waals surface area contributed by atoms with Gasteiger partial charge in [-0.3, -0.25) is 4.79 Å². The number of benzene rings is 1. The molecule has 3 rings (SSSR count). The van der Waals surface area contributed by atoms with Crippen LogP contribution in [0.4, 0.5) is 4.39 Å². The van der Waals surface area contributed by atoms with E-state index in [1.165, 1.54) is 43.2 Å². The number of aromatic nitrogens is 2. The molecule has 0 bridgehead atoms. The van der Waals surface area contributed by atoms with Crippen molar-refractivity contribution in [2.45, 2.75) is 49.7 Å². The molecule has 0 saturated heterocycles. The van der Waals surface area contributed by atoms with Crippen molar-refractivity contribution < 1.29 is 13.6 Å². The Hall–Kier alpha value is -1.89. The van der Waals surface area contributed by atoms with Crippen molar-refractivity contribution >= 4 is 17.7 Å². The Kier molecular flexibility index (Phi) is 6.44. The molecular weight excluding hydrogens is 341 g/mol. The minimum absolute atomic E-state index is 0.0791. The van der Waals surface area contributed by atoms with Crippen molar-refractivity contribution in [3.8, 4) is 0 Å². The van der Waals surface area contributed by atoms with E-state index in [1.54, 1.807) is 12.1 Å². The second-order valence-electron chi connectivity index (χ2n) is 6.26. The fourth-order valence-corrected chi connectivity index (χ4v) is 3.57. The topological polar surface area (TPSA) is 68.0 Å². The molecule has 0 atom stereocenters. The van der Waals surface area contributed by atoms with Gasteiger partial charge >= 0.3 is 0 Å². The van der Waals surface area contributed by atoms with Gasteiger partial charge in [0.15, 0.2) is 0 Å². The molecule has 0 radical (unpaired) electrons. The molecule has 0 aliphatic heterocycles. The molecule has 0 unspecified atom stereocenters. The largest absolute Gasteiger partial charge is 0.416 e. The van der Waals surface area contributed by atoms with Gasteiger partial charge in [-0.25, -0.2) is 4.39 Å². The summed E-state index contributed by atoms with van der Waals surface area (Å²) in [5, 5.41) is 11.5. The molecule has 1 heterocycles. The second kappa shape index (κ2) is 8.99. The fraction of sp³-hybridized carbons (Fsp3) is 0.500. The summed E-state index contributed by atoms with van der Waals surface area (Å²) in [5.41, 5.74) is 0.989. The van der Waals surface area contributed by atoms with E-state index in [-0.39, 0.29) is 17.5 Å². The summed E-state index contributed by atoms with van der Waals surface area (Å²) in [7, 11) is 0. The number of carbonyl (C=O) groups is 1. The number of halogens is 1. The molecule has 1 aliphatic carbocycles. The van der Waals surface area contributed by atoms with Crippen molar-refractivity contribution in [1.29, 1.82) is 0 Å². The van der Waals surface area contributed by atoms with Gasteiger partial charge in [0.05, 0.1) is 5.75 Å². The van der Waals surface area contributed by atoms with Gasteiger partial charge in [0, 0.05) is 12.5 Å².